The van der Waals surface area contributed by atoms with E-state index in [2.05, 4.69) is 6.92 Å². The van der Waals surface area contributed by atoms with E-state index in [1.165, 1.54) is 30.6 Å². The Kier molecular flexibility index (Phi) is 3.57. The van der Waals surface area contributed by atoms with Gasteiger partial charge in [-0.15, -0.1) is 0 Å². The van der Waals surface area contributed by atoms with Crippen LogP contribution in [0, 0.1) is 5.41 Å². The van der Waals surface area contributed by atoms with Crippen LogP contribution >= 0.6 is 11.8 Å². The minimum atomic E-state index is -0.0459. The number of imide groups is 1. The molecule has 0 aromatic carbocycles. The largest absolute Gasteiger partial charge is 0.288 e. The number of amides is 2. The fraction of sp³-hybridized carbons (Fsp3) is 0.833. The zero-order chi connectivity index (χ0) is 11.6. The van der Waals surface area contributed by atoms with Crippen molar-refractivity contribution in [3.8, 4) is 0 Å². The Balaban J connectivity index is 2.01. The zero-order valence-electron chi connectivity index (χ0n) is 9.83. The van der Waals surface area contributed by atoms with E-state index in [-0.39, 0.29) is 16.6 Å². The molecule has 0 unspecified atom stereocenters. The molecule has 1 aliphatic heterocycles. The van der Waals surface area contributed by atoms with E-state index in [0.717, 1.165) is 24.6 Å². The van der Waals surface area contributed by atoms with Crippen molar-refractivity contribution in [1.82, 2.24) is 4.90 Å². The molecule has 4 heteroatoms. The molecule has 2 amide bonds. The van der Waals surface area contributed by atoms with Gasteiger partial charge in [-0.25, -0.2) is 0 Å². The van der Waals surface area contributed by atoms with Crippen LogP contribution in [0.4, 0.5) is 4.79 Å². The van der Waals surface area contributed by atoms with E-state index < -0.39 is 0 Å². The Labute approximate surface area is 101 Å². The Morgan fingerprint density at radius 3 is 2.31 bits per heavy atom. The Hall–Kier alpha value is -0.510. The SMILES string of the molecule is CC1(CN2C(=O)CSC2=O)CCCCCC1. The molecule has 1 saturated heterocycles. The van der Waals surface area contributed by atoms with Crippen molar-refractivity contribution < 1.29 is 9.59 Å². The third-order valence-electron chi connectivity index (χ3n) is 3.69. The van der Waals surface area contributed by atoms with Gasteiger partial charge in [-0.05, 0) is 18.3 Å². The van der Waals surface area contributed by atoms with Gasteiger partial charge < -0.3 is 0 Å². The molecule has 0 spiro atoms. The van der Waals surface area contributed by atoms with E-state index in [1.807, 2.05) is 0 Å². The molecule has 1 aliphatic carbocycles. The number of rotatable bonds is 2. The molecule has 0 aromatic heterocycles. The summed E-state index contributed by atoms with van der Waals surface area (Å²) < 4.78 is 0. The molecule has 1 heterocycles. The van der Waals surface area contributed by atoms with Gasteiger partial charge in [0.15, 0.2) is 0 Å². The van der Waals surface area contributed by atoms with E-state index in [9.17, 15) is 9.59 Å². The number of thioether (sulfide) groups is 1. The van der Waals surface area contributed by atoms with Crippen LogP contribution in [0.5, 0.6) is 0 Å². The predicted molar refractivity (Wildman–Crippen MR) is 65.4 cm³/mol. The third-order valence-corrected chi connectivity index (χ3v) is 4.55. The molecule has 0 atom stereocenters. The summed E-state index contributed by atoms with van der Waals surface area (Å²) in [6, 6.07) is 0. The molecule has 0 N–H and O–H groups in total. The van der Waals surface area contributed by atoms with Gasteiger partial charge in [-0.3, -0.25) is 14.5 Å². The average molecular weight is 241 g/mol. The summed E-state index contributed by atoms with van der Waals surface area (Å²) in [5.74, 6) is 0.343. The topological polar surface area (TPSA) is 37.4 Å². The smallest absolute Gasteiger partial charge is 0.273 e. The maximum atomic E-state index is 11.6. The van der Waals surface area contributed by atoms with Crippen LogP contribution in [0.3, 0.4) is 0 Å². The first-order valence-corrected chi connectivity index (χ1v) is 7.06. The maximum absolute atomic E-state index is 11.6. The van der Waals surface area contributed by atoms with Crippen LogP contribution in [0.25, 0.3) is 0 Å². The number of nitrogens with zero attached hydrogens (tertiary/aromatic N) is 1. The van der Waals surface area contributed by atoms with E-state index in [4.69, 9.17) is 0 Å². The first-order valence-electron chi connectivity index (χ1n) is 6.08. The van der Waals surface area contributed by atoms with Gasteiger partial charge in [0.2, 0.25) is 5.91 Å². The number of hydrogen-bond donors (Lipinski definition) is 0. The lowest BCUT2D eigenvalue weighted by atomic mass is 9.82. The molecule has 3 nitrogen and oxygen atoms in total. The minimum Gasteiger partial charge on any atom is -0.273 e. The Morgan fingerprint density at radius 1 is 1.19 bits per heavy atom. The standard InChI is InChI=1S/C12H19NO2S/c1-12(6-4-2-3-5-7-12)9-13-10(14)8-16-11(13)15/h2-9H2,1H3. The van der Waals surface area contributed by atoms with Crippen LogP contribution in [0.15, 0.2) is 0 Å². The second kappa shape index (κ2) is 4.78. The highest BCUT2D eigenvalue weighted by Crippen LogP contribution is 2.36. The highest BCUT2D eigenvalue weighted by atomic mass is 32.2. The number of carbonyl (C=O) groups excluding carboxylic acids is 2. The molecular weight excluding hydrogens is 222 g/mol. The molecule has 1 saturated carbocycles. The Bertz CT molecular complexity index is 279. The van der Waals surface area contributed by atoms with Crippen molar-refractivity contribution in [1.29, 1.82) is 0 Å². The molecular formula is C12H19NO2S. The monoisotopic (exact) mass is 241 g/mol. The fourth-order valence-corrected chi connectivity index (χ4v) is 3.38. The molecule has 90 valence electrons. The minimum absolute atomic E-state index is 0.000437. The predicted octanol–water partition coefficient (Wildman–Crippen LogP) is 3.04. The first kappa shape index (κ1) is 12.0. The average Bonchev–Trinajstić information content (AvgIpc) is 2.47. The molecule has 0 radical (unpaired) electrons. The van der Waals surface area contributed by atoms with Crippen LogP contribution in [-0.2, 0) is 4.79 Å². The zero-order valence-corrected chi connectivity index (χ0v) is 10.6. The van der Waals surface area contributed by atoms with Crippen LogP contribution in [-0.4, -0.2) is 28.3 Å². The van der Waals surface area contributed by atoms with Crippen LogP contribution in [0.1, 0.15) is 45.4 Å². The second-order valence-electron chi connectivity index (χ2n) is 5.26. The number of carbonyl (C=O) groups is 2. The summed E-state index contributed by atoms with van der Waals surface area (Å²) in [6.45, 7) is 2.86. The lowest BCUT2D eigenvalue weighted by molar-refractivity contribution is -0.125. The number of hydrogen-bond acceptors (Lipinski definition) is 3. The first-order chi connectivity index (χ1) is 7.61. The van der Waals surface area contributed by atoms with Crippen molar-refractivity contribution in [3.63, 3.8) is 0 Å². The van der Waals surface area contributed by atoms with Crippen molar-refractivity contribution >= 4 is 22.9 Å². The fourth-order valence-electron chi connectivity index (χ4n) is 2.66. The molecule has 2 fully saturated rings. The van der Waals surface area contributed by atoms with Crippen molar-refractivity contribution in [3.05, 3.63) is 0 Å². The van der Waals surface area contributed by atoms with Crippen LogP contribution < -0.4 is 0 Å². The van der Waals surface area contributed by atoms with E-state index >= 15 is 0 Å². The van der Waals surface area contributed by atoms with Crippen LogP contribution in [0.2, 0.25) is 0 Å². The van der Waals surface area contributed by atoms with E-state index in [1.54, 1.807) is 0 Å². The summed E-state index contributed by atoms with van der Waals surface area (Å²) in [5, 5.41) is -0.0459. The van der Waals surface area contributed by atoms with Gasteiger partial charge in [0, 0.05) is 6.54 Å². The van der Waals surface area contributed by atoms with Gasteiger partial charge in [0.25, 0.3) is 5.24 Å². The summed E-state index contributed by atoms with van der Waals surface area (Å²) >= 11 is 1.14. The lowest BCUT2D eigenvalue weighted by Gasteiger charge is -2.31. The van der Waals surface area contributed by atoms with Crippen molar-refractivity contribution in [2.75, 3.05) is 12.3 Å². The normalized spacial score (nSPS) is 25.9. The van der Waals surface area contributed by atoms with Gasteiger partial charge >= 0.3 is 0 Å². The molecule has 0 bridgehead atoms. The van der Waals surface area contributed by atoms with E-state index in [0.29, 0.717) is 12.3 Å². The summed E-state index contributed by atoms with van der Waals surface area (Å²) in [7, 11) is 0. The second-order valence-corrected chi connectivity index (χ2v) is 6.19. The molecule has 16 heavy (non-hydrogen) atoms. The molecule has 2 rings (SSSR count). The quantitative estimate of drug-likeness (QED) is 0.697. The van der Waals surface area contributed by atoms with Crippen molar-refractivity contribution in [2.24, 2.45) is 5.41 Å². The van der Waals surface area contributed by atoms with Gasteiger partial charge in [-0.1, -0.05) is 44.4 Å². The Morgan fingerprint density at radius 2 is 1.81 bits per heavy atom. The highest BCUT2D eigenvalue weighted by molar-refractivity contribution is 8.14. The van der Waals surface area contributed by atoms with Gasteiger partial charge in [0.05, 0.1) is 5.75 Å². The third kappa shape index (κ3) is 2.59. The highest BCUT2D eigenvalue weighted by Gasteiger charge is 2.36. The van der Waals surface area contributed by atoms with Gasteiger partial charge in [-0.2, -0.15) is 0 Å². The summed E-state index contributed by atoms with van der Waals surface area (Å²) in [5.41, 5.74) is 0.159. The van der Waals surface area contributed by atoms with Gasteiger partial charge in [0.1, 0.15) is 0 Å². The van der Waals surface area contributed by atoms with Crippen molar-refractivity contribution in [2.45, 2.75) is 45.4 Å². The molecule has 0 aromatic rings. The summed E-state index contributed by atoms with van der Waals surface area (Å²) in [4.78, 5) is 24.6. The molecule has 2 aliphatic rings. The lowest BCUT2D eigenvalue weighted by Crippen LogP contribution is -2.38. The maximum Gasteiger partial charge on any atom is 0.288 e. The summed E-state index contributed by atoms with van der Waals surface area (Å²) in [6.07, 6.45) is 7.36.